The Labute approximate surface area is 119 Å². The minimum atomic E-state index is -3.54. The van der Waals surface area contributed by atoms with E-state index in [1.54, 1.807) is 14.0 Å². The van der Waals surface area contributed by atoms with Crippen LogP contribution in [0.25, 0.3) is 0 Å². The summed E-state index contributed by atoms with van der Waals surface area (Å²) in [6, 6.07) is 2.71. The fraction of sp³-hybridized carbons (Fsp3) is 0.400. The highest BCUT2D eigenvalue weighted by Crippen LogP contribution is 2.31. The molecule has 0 amide bonds. The molecule has 9 heteroatoms. The van der Waals surface area contributed by atoms with E-state index in [0.717, 1.165) is 0 Å². The summed E-state index contributed by atoms with van der Waals surface area (Å²) in [6.45, 7) is 1.88. The molecule has 0 heterocycles. The van der Waals surface area contributed by atoms with Gasteiger partial charge in [-0.1, -0.05) is 0 Å². The Morgan fingerprint density at radius 1 is 1.42 bits per heavy atom. The molecule has 0 aliphatic heterocycles. The molecule has 1 aromatic carbocycles. The Morgan fingerprint density at radius 3 is 2.58 bits per heavy atom. The van der Waals surface area contributed by atoms with Gasteiger partial charge in [-0.3, -0.25) is 14.8 Å². The van der Waals surface area contributed by atoms with E-state index >= 15 is 0 Å². The van der Waals surface area contributed by atoms with Crippen LogP contribution in [0.3, 0.4) is 0 Å². The zero-order chi connectivity index (χ0) is 14.6. The number of sulfonamides is 1. The molecule has 0 atom stereocenters. The number of halogens is 1. The van der Waals surface area contributed by atoms with Crippen LogP contribution in [-0.4, -0.2) is 32.7 Å². The Morgan fingerprint density at radius 2 is 2.05 bits per heavy atom. The molecule has 1 rings (SSSR count). The lowest BCUT2D eigenvalue weighted by Crippen LogP contribution is -2.24. The van der Waals surface area contributed by atoms with Gasteiger partial charge in [0.05, 0.1) is 16.4 Å². The highest BCUT2D eigenvalue weighted by Gasteiger charge is 2.18. The van der Waals surface area contributed by atoms with Crippen molar-refractivity contribution in [1.82, 2.24) is 5.32 Å². The first-order chi connectivity index (χ1) is 8.76. The number of hydrogen-bond acceptors (Lipinski definition) is 5. The van der Waals surface area contributed by atoms with Gasteiger partial charge in [0.25, 0.3) is 5.69 Å². The van der Waals surface area contributed by atoms with Crippen LogP contribution in [0.5, 0.6) is 0 Å². The second-order valence-electron chi connectivity index (χ2n) is 3.90. The topological polar surface area (TPSA) is 101 Å². The molecule has 7 nitrogen and oxygen atoms in total. The van der Waals surface area contributed by atoms with Crippen molar-refractivity contribution in [3.8, 4) is 0 Å². The molecule has 19 heavy (non-hydrogen) atoms. The van der Waals surface area contributed by atoms with Gasteiger partial charge in [0.2, 0.25) is 10.0 Å². The van der Waals surface area contributed by atoms with Gasteiger partial charge in [-0.25, -0.2) is 8.42 Å². The summed E-state index contributed by atoms with van der Waals surface area (Å²) in [5, 5.41) is 13.5. The molecule has 0 unspecified atom stereocenters. The van der Waals surface area contributed by atoms with Crippen LogP contribution in [0.1, 0.15) is 5.56 Å². The second-order valence-corrected chi connectivity index (χ2v) is 6.60. The van der Waals surface area contributed by atoms with E-state index in [2.05, 4.69) is 26.0 Å². The molecule has 0 saturated heterocycles. The van der Waals surface area contributed by atoms with Gasteiger partial charge in [-0.15, -0.1) is 0 Å². The Bertz CT molecular complexity index is 589. The average Bonchev–Trinajstić information content (AvgIpc) is 2.29. The number of hydrogen-bond donors (Lipinski definition) is 2. The minimum Gasteiger partial charge on any atom is -0.319 e. The third-order valence-electron chi connectivity index (χ3n) is 2.37. The largest absolute Gasteiger partial charge is 0.319 e. The average molecular weight is 352 g/mol. The van der Waals surface area contributed by atoms with Gasteiger partial charge in [0.15, 0.2) is 0 Å². The van der Waals surface area contributed by atoms with Crippen molar-refractivity contribution in [3.63, 3.8) is 0 Å². The van der Waals surface area contributed by atoms with Crippen LogP contribution in [0, 0.1) is 17.0 Å². The van der Waals surface area contributed by atoms with E-state index in [0.29, 0.717) is 16.6 Å². The molecular formula is C10H14BrN3O4S. The quantitative estimate of drug-likeness (QED) is 0.599. The summed E-state index contributed by atoms with van der Waals surface area (Å²) in [7, 11) is -1.90. The van der Waals surface area contributed by atoms with E-state index in [9.17, 15) is 18.5 Å². The van der Waals surface area contributed by atoms with Gasteiger partial charge in [-0.05, 0) is 36.0 Å². The van der Waals surface area contributed by atoms with Crippen molar-refractivity contribution in [2.45, 2.75) is 6.92 Å². The van der Waals surface area contributed by atoms with Crippen LogP contribution in [-0.2, 0) is 10.0 Å². The van der Waals surface area contributed by atoms with E-state index in [4.69, 9.17) is 0 Å². The number of nitrogens with one attached hydrogen (secondary N) is 2. The molecule has 106 valence electrons. The number of nitrogens with zero attached hydrogens (tertiary/aromatic N) is 1. The zero-order valence-electron chi connectivity index (χ0n) is 10.4. The maximum atomic E-state index is 11.7. The molecule has 0 aromatic heterocycles. The van der Waals surface area contributed by atoms with Gasteiger partial charge >= 0.3 is 0 Å². The van der Waals surface area contributed by atoms with Crippen LogP contribution in [0.4, 0.5) is 11.4 Å². The molecule has 0 radical (unpaired) electrons. The first-order valence-electron chi connectivity index (χ1n) is 5.36. The van der Waals surface area contributed by atoms with Crippen molar-refractivity contribution >= 4 is 37.3 Å². The normalized spacial score (nSPS) is 11.3. The fourth-order valence-electron chi connectivity index (χ4n) is 1.39. The molecule has 2 N–H and O–H groups in total. The van der Waals surface area contributed by atoms with E-state index in [-0.39, 0.29) is 17.1 Å². The zero-order valence-corrected chi connectivity index (χ0v) is 12.8. The smallest absolute Gasteiger partial charge is 0.274 e. The van der Waals surface area contributed by atoms with Gasteiger partial charge in [-0.2, -0.15) is 0 Å². The van der Waals surface area contributed by atoms with Gasteiger partial charge < -0.3 is 5.32 Å². The lowest BCUT2D eigenvalue weighted by Gasteiger charge is -2.10. The van der Waals surface area contributed by atoms with Crippen LogP contribution in [0.15, 0.2) is 16.6 Å². The van der Waals surface area contributed by atoms with Gasteiger partial charge in [0.1, 0.15) is 0 Å². The Hall–Kier alpha value is -1.19. The molecule has 0 saturated carbocycles. The molecule has 0 bridgehead atoms. The number of anilines is 1. The summed E-state index contributed by atoms with van der Waals surface area (Å²) < 4.78 is 26.3. The van der Waals surface area contributed by atoms with Crippen molar-refractivity contribution in [3.05, 3.63) is 32.3 Å². The number of nitro benzene ring substituents is 1. The molecular weight excluding hydrogens is 338 g/mol. The van der Waals surface area contributed by atoms with Crippen molar-refractivity contribution in [2.75, 3.05) is 24.1 Å². The summed E-state index contributed by atoms with van der Waals surface area (Å²) in [6.07, 6.45) is 0. The number of aryl methyl sites for hydroxylation is 1. The van der Waals surface area contributed by atoms with Crippen molar-refractivity contribution in [2.24, 2.45) is 0 Å². The number of benzene rings is 1. The third-order valence-corrected chi connectivity index (χ3v) is 4.30. The Balaban J connectivity index is 3.08. The van der Waals surface area contributed by atoms with E-state index in [1.807, 2.05) is 0 Å². The lowest BCUT2D eigenvalue weighted by atomic mass is 10.2. The highest BCUT2D eigenvalue weighted by molar-refractivity contribution is 9.10. The maximum Gasteiger partial charge on any atom is 0.274 e. The molecule has 0 spiro atoms. The minimum absolute atomic E-state index is 0.113. The van der Waals surface area contributed by atoms with Crippen LogP contribution < -0.4 is 10.0 Å². The van der Waals surface area contributed by atoms with Crippen molar-refractivity contribution < 1.29 is 13.3 Å². The highest BCUT2D eigenvalue weighted by atomic mass is 79.9. The van der Waals surface area contributed by atoms with Gasteiger partial charge in [0, 0.05) is 22.6 Å². The summed E-state index contributed by atoms with van der Waals surface area (Å²) in [5.74, 6) is -0.113. The molecule has 0 aliphatic carbocycles. The Kier molecular flexibility index (Phi) is 5.27. The first kappa shape index (κ1) is 15.9. The van der Waals surface area contributed by atoms with Crippen molar-refractivity contribution in [1.29, 1.82) is 0 Å². The predicted molar refractivity (Wildman–Crippen MR) is 76.9 cm³/mol. The van der Waals surface area contributed by atoms with Crippen LogP contribution in [0.2, 0.25) is 0 Å². The number of nitro groups is 1. The third kappa shape index (κ3) is 4.44. The van der Waals surface area contributed by atoms with Crippen LogP contribution >= 0.6 is 15.9 Å². The second kappa shape index (κ2) is 6.31. The lowest BCUT2D eigenvalue weighted by molar-refractivity contribution is -0.385. The predicted octanol–water partition coefficient (Wildman–Crippen LogP) is 1.63. The summed E-state index contributed by atoms with van der Waals surface area (Å²) in [4.78, 5) is 10.3. The van der Waals surface area contributed by atoms with E-state index < -0.39 is 14.9 Å². The number of rotatable bonds is 6. The summed E-state index contributed by atoms with van der Waals surface area (Å²) >= 11 is 3.19. The summed E-state index contributed by atoms with van der Waals surface area (Å²) in [5.41, 5.74) is 0.484. The monoisotopic (exact) mass is 351 g/mol. The SMILES string of the molecule is CNCCS(=O)(=O)Nc1cc([N+](=O)[O-])c(C)cc1Br. The fourth-order valence-corrected chi connectivity index (χ4v) is 3.16. The standard InChI is InChI=1S/C10H14BrN3O4S/c1-7-5-8(11)9(6-10(7)14(15)16)13-19(17,18)4-3-12-2/h5-6,12-13H,3-4H2,1-2H3. The first-order valence-corrected chi connectivity index (χ1v) is 7.81. The maximum absolute atomic E-state index is 11.7. The van der Waals surface area contributed by atoms with E-state index in [1.165, 1.54) is 12.1 Å². The molecule has 0 aliphatic rings. The molecule has 1 aromatic rings. The molecule has 0 fully saturated rings.